The van der Waals surface area contributed by atoms with Crippen LogP contribution < -0.4 is 16.2 Å². The van der Waals surface area contributed by atoms with E-state index in [-0.39, 0.29) is 18.8 Å². The maximum Gasteiger partial charge on any atom is 0.293 e. The summed E-state index contributed by atoms with van der Waals surface area (Å²) in [7, 11) is 1.67. The van der Waals surface area contributed by atoms with E-state index in [0.29, 0.717) is 5.56 Å². The highest BCUT2D eigenvalue weighted by Crippen LogP contribution is 2.19. The highest BCUT2D eigenvalue weighted by molar-refractivity contribution is 5.94. The Hall–Kier alpha value is -3.59. The Morgan fingerprint density at radius 2 is 1.90 bits per heavy atom. The van der Waals surface area contributed by atoms with Gasteiger partial charge in [0.15, 0.2) is 17.3 Å². The summed E-state index contributed by atoms with van der Waals surface area (Å²) in [6.45, 7) is 0.0707. The quantitative estimate of drug-likeness (QED) is 0.473. The standard InChI is InChI=1S/C21H20F2N4O3/c1-24-16(13-5-3-2-4-6-13)19-26-17(18(28)21(30)27-19)20(29)25-10-9-12-7-8-14(22)15(23)11-12/h2-8,11,16,24,28H,9-10H2,1H3,(H,25,29)(H,26,27,30). The summed E-state index contributed by atoms with van der Waals surface area (Å²) in [6.07, 6.45) is 0.225. The zero-order valence-electron chi connectivity index (χ0n) is 16.1. The van der Waals surface area contributed by atoms with Crippen molar-refractivity contribution < 1.29 is 18.7 Å². The van der Waals surface area contributed by atoms with Gasteiger partial charge in [-0.2, -0.15) is 0 Å². The molecule has 0 aliphatic rings. The van der Waals surface area contributed by atoms with Gasteiger partial charge < -0.3 is 20.7 Å². The molecule has 7 nitrogen and oxygen atoms in total. The molecule has 0 aliphatic heterocycles. The minimum atomic E-state index is -0.976. The monoisotopic (exact) mass is 414 g/mol. The van der Waals surface area contributed by atoms with E-state index in [1.165, 1.54) is 6.07 Å². The van der Waals surface area contributed by atoms with E-state index < -0.39 is 40.6 Å². The summed E-state index contributed by atoms with van der Waals surface area (Å²) in [6, 6.07) is 12.1. The molecule has 4 N–H and O–H groups in total. The third kappa shape index (κ3) is 4.69. The topological polar surface area (TPSA) is 107 Å². The third-order valence-corrected chi connectivity index (χ3v) is 4.51. The number of aromatic amines is 1. The molecule has 1 amide bonds. The van der Waals surface area contributed by atoms with Crippen LogP contribution >= 0.6 is 0 Å². The van der Waals surface area contributed by atoms with Crippen LogP contribution in [0.15, 0.2) is 53.3 Å². The van der Waals surface area contributed by atoms with E-state index in [2.05, 4.69) is 20.6 Å². The predicted octanol–water partition coefficient (Wildman–Crippen LogP) is 2.03. The molecule has 0 saturated carbocycles. The Morgan fingerprint density at radius 3 is 2.57 bits per heavy atom. The van der Waals surface area contributed by atoms with Crippen molar-refractivity contribution in [1.29, 1.82) is 0 Å². The second-order valence-electron chi connectivity index (χ2n) is 6.54. The van der Waals surface area contributed by atoms with Crippen LogP contribution in [0.25, 0.3) is 0 Å². The molecular weight excluding hydrogens is 394 g/mol. The molecule has 1 unspecified atom stereocenters. The Kier molecular flexibility index (Phi) is 6.53. The molecule has 3 aromatic rings. The van der Waals surface area contributed by atoms with Gasteiger partial charge in [-0.05, 0) is 36.7 Å². The van der Waals surface area contributed by atoms with Gasteiger partial charge in [-0.1, -0.05) is 36.4 Å². The first kappa shape index (κ1) is 21.1. The third-order valence-electron chi connectivity index (χ3n) is 4.51. The van der Waals surface area contributed by atoms with Crippen LogP contribution in [0.4, 0.5) is 8.78 Å². The highest BCUT2D eigenvalue weighted by Gasteiger charge is 2.22. The van der Waals surface area contributed by atoms with Gasteiger partial charge >= 0.3 is 0 Å². The first-order chi connectivity index (χ1) is 14.4. The average Bonchev–Trinajstić information content (AvgIpc) is 2.74. The van der Waals surface area contributed by atoms with Gasteiger partial charge in [0.2, 0.25) is 5.75 Å². The van der Waals surface area contributed by atoms with Crippen LogP contribution in [0.5, 0.6) is 5.75 Å². The molecule has 0 radical (unpaired) electrons. The number of benzene rings is 2. The molecule has 156 valence electrons. The summed E-state index contributed by atoms with van der Waals surface area (Å²) in [5.74, 6) is -3.32. The van der Waals surface area contributed by atoms with Gasteiger partial charge in [0.25, 0.3) is 11.5 Å². The normalized spacial score (nSPS) is 11.8. The number of aromatic hydroxyl groups is 1. The number of carbonyl (C=O) groups excluding carboxylic acids is 1. The van der Waals surface area contributed by atoms with Gasteiger partial charge in [0.1, 0.15) is 5.82 Å². The summed E-state index contributed by atoms with van der Waals surface area (Å²) < 4.78 is 26.3. The Bertz CT molecular complexity index is 1100. The van der Waals surface area contributed by atoms with Crippen LogP contribution in [0.1, 0.15) is 33.5 Å². The van der Waals surface area contributed by atoms with E-state index >= 15 is 0 Å². The lowest BCUT2D eigenvalue weighted by Crippen LogP contribution is -2.31. The zero-order valence-corrected chi connectivity index (χ0v) is 16.1. The fourth-order valence-corrected chi connectivity index (χ4v) is 2.99. The first-order valence-corrected chi connectivity index (χ1v) is 9.18. The summed E-state index contributed by atoms with van der Waals surface area (Å²) in [4.78, 5) is 31.3. The number of hydrogen-bond donors (Lipinski definition) is 4. The average molecular weight is 414 g/mol. The molecule has 1 aromatic heterocycles. The molecule has 3 rings (SSSR count). The van der Waals surface area contributed by atoms with Crippen LogP contribution in [-0.4, -0.2) is 34.6 Å². The molecule has 2 aromatic carbocycles. The molecule has 1 atom stereocenters. The molecule has 9 heteroatoms. The summed E-state index contributed by atoms with van der Waals surface area (Å²) in [5, 5.41) is 15.6. The minimum Gasteiger partial charge on any atom is -0.501 e. The minimum absolute atomic E-state index is 0.0707. The molecule has 30 heavy (non-hydrogen) atoms. The summed E-state index contributed by atoms with van der Waals surface area (Å²) in [5.41, 5.74) is 0.0213. The predicted molar refractivity (Wildman–Crippen MR) is 106 cm³/mol. The number of nitrogens with zero attached hydrogens (tertiary/aromatic N) is 1. The van der Waals surface area contributed by atoms with Crippen molar-refractivity contribution in [2.45, 2.75) is 12.5 Å². The van der Waals surface area contributed by atoms with Crippen molar-refractivity contribution in [2.24, 2.45) is 0 Å². The fraction of sp³-hybridized carbons (Fsp3) is 0.190. The van der Waals surface area contributed by atoms with E-state index in [1.54, 1.807) is 7.05 Å². The van der Waals surface area contributed by atoms with Crippen molar-refractivity contribution in [1.82, 2.24) is 20.6 Å². The number of aromatic nitrogens is 2. The van der Waals surface area contributed by atoms with Gasteiger partial charge in [0.05, 0.1) is 6.04 Å². The number of nitrogens with one attached hydrogen (secondary N) is 3. The SMILES string of the molecule is CNC(c1ccccc1)c1nc(C(=O)NCCc2ccc(F)c(F)c2)c(O)c(=O)[nH]1. The van der Waals surface area contributed by atoms with E-state index in [0.717, 1.165) is 17.7 Å². The first-order valence-electron chi connectivity index (χ1n) is 9.18. The van der Waals surface area contributed by atoms with Crippen molar-refractivity contribution in [3.05, 3.63) is 93.2 Å². The van der Waals surface area contributed by atoms with Crippen LogP contribution in [0.2, 0.25) is 0 Å². The van der Waals surface area contributed by atoms with Gasteiger partial charge in [0, 0.05) is 6.54 Å². The Labute approximate surface area is 170 Å². The van der Waals surface area contributed by atoms with Crippen LogP contribution in [0.3, 0.4) is 0 Å². The fourth-order valence-electron chi connectivity index (χ4n) is 2.99. The zero-order chi connectivity index (χ0) is 21.7. The maximum absolute atomic E-state index is 13.3. The molecule has 0 spiro atoms. The maximum atomic E-state index is 13.3. The van der Waals surface area contributed by atoms with Crippen LogP contribution in [0, 0.1) is 11.6 Å². The van der Waals surface area contributed by atoms with Crippen molar-refractivity contribution >= 4 is 5.91 Å². The highest BCUT2D eigenvalue weighted by atomic mass is 19.2. The van der Waals surface area contributed by atoms with Gasteiger partial charge in [-0.15, -0.1) is 0 Å². The van der Waals surface area contributed by atoms with Crippen molar-refractivity contribution in [3.63, 3.8) is 0 Å². The number of carbonyl (C=O) groups is 1. The number of halogens is 2. The van der Waals surface area contributed by atoms with Crippen molar-refractivity contribution in [2.75, 3.05) is 13.6 Å². The lowest BCUT2D eigenvalue weighted by Gasteiger charge is -2.17. The van der Waals surface area contributed by atoms with Gasteiger partial charge in [-0.25, -0.2) is 13.8 Å². The molecule has 0 saturated heterocycles. The molecule has 0 aliphatic carbocycles. The second kappa shape index (κ2) is 9.27. The molecule has 0 bridgehead atoms. The van der Waals surface area contributed by atoms with E-state index in [9.17, 15) is 23.5 Å². The Morgan fingerprint density at radius 1 is 1.17 bits per heavy atom. The van der Waals surface area contributed by atoms with E-state index in [4.69, 9.17) is 0 Å². The second-order valence-corrected chi connectivity index (χ2v) is 6.54. The molecule has 1 heterocycles. The summed E-state index contributed by atoms with van der Waals surface area (Å²) >= 11 is 0. The Balaban J connectivity index is 1.78. The largest absolute Gasteiger partial charge is 0.501 e. The van der Waals surface area contributed by atoms with Crippen LogP contribution in [-0.2, 0) is 6.42 Å². The van der Waals surface area contributed by atoms with Gasteiger partial charge in [-0.3, -0.25) is 9.59 Å². The number of rotatable bonds is 7. The lowest BCUT2D eigenvalue weighted by atomic mass is 10.1. The number of hydrogen-bond acceptors (Lipinski definition) is 5. The van der Waals surface area contributed by atoms with E-state index in [1.807, 2.05) is 30.3 Å². The number of H-pyrrole nitrogens is 1. The lowest BCUT2D eigenvalue weighted by molar-refractivity contribution is 0.0945. The number of amides is 1. The van der Waals surface area contributed by atoms with Crippen molar-refractivity contribution in [3.8, 4) is 5.75 Å². The smallest absolute Gasteiger partial charge is 0.293 e. The molecule has 0 fully saturated rings. The molecular formula is C21H20F2N4O3.